The van der Waals surface area contributed by atoms with Gasteiger partial charge in [-0.1, -0.05) is 42.0 Å². The van der Waals surface area contributed by atoms with Crippen LogP contribution in [-0.2, 0) is 11.3 Å². The van der Waals surface area contributed by atoms with Gasteiger partial charge in [-0.3, -0.25) is 0 Å². The molecular weight excluding hydrogens is 358 g/mol. The van der Waals surface area contributed by atoms with Crippen LogP contribution < -0.4 is 14.8 Å². The molecule has 0 aliphatic rings. The Kier molecular flexibility index (Phi) is 7.98. The van der Waals surface area contributed by atoms with E-state index in [9.17, 15) is 0 Å². The van der Waals surface area contributed by atoms with Crippen molar-refractivity contribution in [3.05, 3.63) is 58.6 Å². The number of benzene rings is 2. The normalized spacial score (nSPS) is 10.4. The summed E-state index contributed by atoms with van der Waals surface area (Å²) < 4.78 is 16.6. The fourth-order valence-corrected chi connectivity index (χ4v) is 2.60. The summed E-state index contributed by atoms with van der Waals surface area (Å²) in [6.45, 7) is 4.09. The molecule has 0 unspecified atom stereocenters. The van der Waals surface area contributed by atoms with E-state index in [1.54, 1.807) is 7.11 Å². The maximum absolute atomic E-state index is 6.17. The second kappa shape index (κ2) is 10.2. The zero-order chi connectivity index (χ0) is 18.1. The van der Waals surface area contributed by atoms with Crippen LogP contribution in [0, 0.1) is 0 Å². The summed E-state index contributed by atoms with van der Waals surface area (Å²) in [7, 11) is 1.66. The van der Waals surface area contributed by atoms with Crippen molar-refractivity contribution in [1.82, 2.24) is 5.32 Å². The van der Waals surface area contributed by atoms with E-state index in [1.165, 1.54) is 0 Å². The maximum Gasteiger partial charge on any atom is 0.161 e. The van der Waals surface area contributed by atoms with E-state index < -0.39 is 0 Å². The van der Waals surface area contributed by atoms with Crippen LogP contribution in [-0.4, -0.2) is 31.9 Å². The van der Waals surface area contributed by atoms with Crippen LogP contribution in [0.15, 0.2) is 42.5 Å². The van der Waals surface area contributed by atoms with Gasteiger partial charge < -0.3 is 19.5 Å². The molecule has 0 bridgehead atoms. The van der Waals surface area contributed by atoms with Crippen LogP contribution in [0.5, 0.6) is 11.5 Å². The third-order valence-corrected chi connectivity index (χ3v) is 4.19. The van der Waals surface area contributed by atoms with Gasteiger partial charge in [0.25, 0.3) is 0 Å². The third kappa shape index (κ3) is 5.88. The van der Waals surface area contributed by atoms with Gasteiger partial charge in [0.05, 0.1) is 13.2 Å². The second-order valence-electron chi connectivity index (χ2n) is 5.22. The molecule has 0 atom stereocenters. The summed E-state index contributed by atoms with van der Waals surface area (Å²) in [5, 5.41) is 3.83. The standard InChI is InChI=1S/C19H22ClNO3S/c1-3-23-18-12-14(19(25)21-10-11-22-2)8-9-17(18)24-13-15-6-4-5-7-16(15)20/h4-9,12H,3,10-11,13H2,1-2H3,(H,21,25). The molecule has 4 nitrogen and oxygen atoms in total. The van der Waals surface area contributed by atoms with Crippen molar-refractivity contribution in [1.29, 1.82) is 0 Å². The molecule has 0 saturated heterocycles. The molecule has 0 heterocycles. The van der Waals surface area contributed by atoms with Gasteiger partial charge in [0.2, 0.25) is 0 Å². The Morgan fingerprint density at radius 3 is 2.64 bits per heavy atom. The molecule has 1 N–H and O–H groups in total. The monoisotopic (exact) mass is 379 g/mol. The van der Waals surface area contributed by atoms with Crippen LogP contribution in [0.4, 0.5) is 0 Å². The first kappa shape index (κ1) is 19.5. The van der Waals surface area contributed by atoms with Gasteiger partial charge in [0.1, 0.15) is 11.6 Å². The van der Waals surface area contributed by atoms with Crippen molar-refractivity contribution >= 4 is 28.8 Å². The van der Waals surface area contributed by atoms with E-state index >= 15 is 0 Å². The van der Waals surface area contributed by atoms with Gasteiger partial charge in [-0.15, -0.1) is 0 Å². The Bertz CT molecular complexity index is 709. The molecule has 0 aliphatic carbocycles. The maximum atomic E-state index is 6.17. The molecule has 0 spiro atoms. The SMILES string of the molecule is CCOc1cc(C(=S)NCCOC)ccc1OCc1ccccc1Cl. The van der Waals surface area contributed by atoms with Crippen molar-refractivity contribution in [3.63, 3.8) is 0 Å². The topological polar surface area (TPSA) is 39.7 Å². The molecule has 2 aromatic carbocycles. The fraction of sp³-hybridized carbons (Fsp3) is 0.316. The first-order chi connectivity index (χ1) is 12.2. The number of ether oxygens (including phenoxy) is 3. The predicted octanol–water partition coefficient (Wildman–Crippen LogP) is 4.23. The molecule has 6 heteroatoms. The van der Waals surface area contributed by atoms with E-state index in [0.717, 1.165) is 11.1 Å². The minimum atomic E-state index is 0.371. The van der Waals surface area contributed by atoms with Gasteiger partial charge in [0, 0.05) is 29.8 Å². The van der Waals surface area contributed by atoms with Crippen LogP contribution >= 0.6 is 23.8 Å². The third-order valence-electron chi connectivity index (χ3n) is 3.44. The molecular formula is C19H22ClNO3S. The molecule has 2 rings (SSSR count). The van der Waals surface area contributed by atoms with Crippen molar-refractivity contribution in [2.24, 2.45) is 0 Å². The Morgan fingerprint density at radius 1 is 1.12 bits per heavy atom. The molecule has 0 radical (unpaired) electrons. The Labute approximate surface area is 159 Å². The number of hydrogen-bond donors (Lipinski definition) is 1. The lowest BCUT2D eigenvalue weighted by Gasteiger charge is -2.15. The van der Waals surface area contributed by atoms with Gasteiger partial charge >= 0.3 is 0 Å². The highest BCUT2D eigenvalue weighted by atomic mass is 35.5. The summed E-state index contributed by atoms with van der Waals surface area (Å²) in [5.41, 5.74) is 1.80. The van der Waals surface area contributed by atoms with Crippen molar-refractivity contribution in [3.8, 4) is 11.5 Å². The summed E-state index contributed by atoms with van der Waals surface area (Å²) in [6, 6.07) is 13.3. The van der Waals surface area contributed by atoms with E-state index in [-0.39, 0.29) is 0 Å². The Balaban J connectivity index is 2.10. The average molecular weight is 380 g/mol. The quantitative estimate of drug-likeness (QED) is 0.521. The largest absolute Gasteiger partial charge is 0.490 e. The highest BCUT2D eigenvalue weighted by molar-refractivity contribution is 7.80. The Morgan fingerprint density at radius 2 is 1.92 bits per heavy atom. The van der Waals surface area contributed by atoms with E-state index in [4.69, 9.17) is 38.0 Å². The molecule has 134 valence electrons. The summed E-state index contributed by atoms with van der Waals surface area (Å²) in [4.78, 5) is 0.649. The van der Waals surface area contributed by atoms with Crippen LogP contribution in [0.3, 0.4) is 0 Å². The van der Waals surface area contributed by atoms with Crippen molar-refractivity contribution < 1.29 is 14.2 Å². The number of halogens is 1. The van der Waals surface area contributed by atoms with Crippen LogP contribution in [0.25, 0.3) is 0 Å². The molecule has 0 amide bonds. The highest BCUT2D eigenvalue weighted by Crippen LogP contribution is 2.30. The van der Waals surface area contributed by atoms with Gasteiger partial charge in [0.15, 0.2) is 11.5 Å². The first-order valence-electron chi connectivity index (χ1n) is 8.06. The van der Waals surface area contributed by atoms with E-state index in [1.807, 2.05) is 49.4 Å². The summed E-state index contributed by atoms with van der Waals surface area (Å²) in [6.07, 6.45) is 0. The second-order valence-corrected chi connectivity index (χ2v) is 6.04. The summed E-state index contributed by atoms with van der Waals surface area (Å²) in [5.74, 6) is 1.31. The molecule has 0 fully saturated rings. The lowest BCUT2D eigenvalue weighted by atomic mass is 10.2. The number of rotatable bonds is 9. The van der Waals surface area contributed by atoms with Crippen LogP contribution in [0.2, 0.25) is 5.02 Å². The molecule has 0 aromatic heterocycles. The fourth-order valence-electron chi connectivity index (χ4n) is 2.18. The Hall–Kier alpha value is -1.82. The predicted molar refractivity (Wildman–Crippen MR) is 105 cm³/mol. The van der Waals surface area contributed by atoms with E-state index in [0.29, 0.717) is 47.9 Å². The minimum absolute atomic E-state index is 0.371. The van der Waals surface area contributed by atoms with Gasteiger partial charge in [-0.25, -0.2) is 0 Å². The van der Waals surface area contributed by atoms with E-state index in [2.05, 4.69) is 5.32 Å². The lowest BCUT2D eigenvalue weighted by molar-refractivity contribution is 0.204. The minimum Gasteiger partial charge on any atom is -0.490 e. The number of hydrogen-bond acceptors (Lipinski definition) is 4. The zero-order valence-electron chi connectivity index (χ0n) is 14.4. The smallest absolute Gasteiger partial charge is 0.161 e. The van der Waals surface area contributed by atoms with Gasteiger partial charge in [-0.2, -0.15) is 0 Å². The number of nitrogens with one attached hydrogen (secondary N) is 1. The molecule has 0 saturated carbocycles. The molecule has 0 aliphatic heterocycles. The van der Waals surface area contributed by atoms with Gasteiger partial charge in [-0.05, 0) is 31.2 Å². The van der Waals surface area contributed by atoms with Crippen molar-refractivity contribution in [2.45, 2.75) is 13.5 Å². The van der Waals surface area contributed by atoms with Crippen LogP contribution in [0.1, 0.15) is 18.1 Å². The molecule has 2 aromatic rings. The number of methoxy groups -OCH3 is 1. The molecule has 25 heavy (non-hydrogen) atoms. The first-order valence-corrected chi connectivity index (χ1v) is 8.84. The zero-order valence-corrected chi connectivity index (χ0v) is 16.0. The number of thiocarbonyl (C=S) groups is 1. The van der Waals surface area contributed by atoms with Crippen molar-refractivity contribution in [2.75, 3.05) is 26.9 Å². The average Bonchev–Trinajstić information content (AvgIpc) is 2.62. The highest BCUT2D eigenvalue weighted by Gasteiger charge is 2.10. The summed E-state index contributed by atoms with van der Waals surface area (Å²) >= 11 is 11.6. The lowest BCUT2D eigenvalue weighted by Crippen LogP contribution is -2.26.